The lowest BCUT2D eigenvalue weighted by Gasteiger charge is -2.32. The Balaban J connectivity index is 1.61. The monoisotopic (exact) mass is 430 g/mol. The van der Waals surface area contributed by atoms with E-state index >= 15 is 0 Å². The molecule has 0 spiro atoms. The second-order valence-corrected chi connectivity index (χ2v) is 8.04. The van der Waals surface area contributed by atoms with E-state index in [0.29, 0.717) is 30.4 Å². The Bertz CT molecular complexity index is 1260. The Morgan fingerprint density at radius 3 is 2.75 bits per heavy atom. The third-order valence-electron chi connectivity index (χ3n) is 5.89. The molecule has 0 bridgehead atoms. The minimum Gasteiger partial charge on any atom is -0.312 e. The number of fused-ring (bicyclic) bond motifs is 1. The average Bonchev–Trinajstić information content (AvgIpc) is 3.53. The van der Waals surface area contributed by atoms with Gasteiger partial charge in [0, 0.05) is 55.9 Å². The van der Waals surface area contributed by atoms with Crippen molar-refractivity contribution >= 4 is 17.4 Å². The molecule has 3 heterocycles. The largest absolute Gasteiger partial charge is 0.312 e. The minimum atomic E-state index is -0.331. The average molecular weight is 430 g/mol. The number of amides is 1. The molecule has 8 heteroatoms. The minimum absolute atomic E-state index is 0.0519. The lowest BCUT2D eigenvalue weighted by atomic mass is 9.90. The third kappa shape index (κ3) is 3.72. The van der Waals surface area contributed by atoms with Gasteiger partial charge in [-0.05, 0) is 30.9 Å². The number of halogens is 1. The Kier molecular flexibility index (Phi) is 5.13. The predicted molar refractivity (Wildman–Crippen MR) is 119 cm³/mol. The highest BCUT2D eigenvalue weighted by molar-refractivity contribution is 6.03. The molecule has 0 atom stereocenters. The number of nitrogens with zero attached hydrogens (tertiary/aromatic N) is 6. The lowest BCUT2D eigenvalue weighted by Crippen LogP contribution is -2.34. The predicted octanol–water partition coefficient (Wildman–Crippen LogP) is 3.68. The van der Waals surface area contributed by atoms with Crippen molar-refractivity contribution in [3.05, 3.63) is 71.7 Å². The zero-order valence-corrected chi connectivity index (χ0v) is 18.0. The molecule has 1 amide bonds. The summed E-state index contributed by atoms with van der Waals surface area (Å²) in [7, 11) is 1.69. The second kappa shape index (κ2) is 8.11. The fourth-order valence-corrected chi connectivity index (χ4v) is 4.13. The van der Waals surface area contributed by atoms with Crippen LogP contribution in [0.2, 0.25) is 0 Å². The van der Waals surface area contributed by atoms with Crippen LogP contribution >= 0.6 is 0 Å². The highest BCUT2D eigenvalue weighted by Gasteiger charge is 2.29. The lowest BCUT2D eigenvalue weighted by molar-refractivity contribution is -0.125. The maximum absolute atomic E-state index is 13.9. The van der Waals surface area contributed by atoms with Gasteiger partial charge in [0.2, 0.25) is 5.91 Å². The van der Waals surface area contributed by atoms with Crippen molar-refractivity contribution in [3.8, 4) is 11.3 Å². The van der Waals surface area contributed by atoms with Crippen LogP contribution < -0.4 is 0 Å². The maximum Gasteiger partial charge on any atom is 0.223 e. The first-order valence-corrected chi connectivity index (χ1v) is 10.7. The molecule has 162 valence electrons. The Labute approximate surface area is 185 Å². The van der Waals surface area contributed by atoms with Crippen molar-refractivity contribution < 1.29 is 9.18 Å². The van der Waals surface area contributed by atoms with Gasteiger partial charge in [-0.3, -0.25) is 14.8 Å². The summed E-state index contributed by atoms with van der Waals surface area (Å²) < 4.78 is 15.5. The van der Waals surface area contributed by atoms with Crippen molar-refractivity contribution in [2.24, 2.45) is 4.99 Å². The van der Waals surface area contributed by atoms with Gasteiger partial charge < -0.3 is 4.90 Å². The summed E-state index contributed by atoms with van der Waals surface area (Å²) in [5.41, 5.74) is 4.11. The van der Waals surface area contributed by atoms with Crippen molar-refractivity contribution in [1.82, 2.24) is 24.6 Å². The van der Waals surface area contributed by atoms with Crippen molar-refractivity contribution in [3.63, 3.8) is 0 Å². The number of hydrogen-bond donors (Lipinski definition) is 0. The quantitative estimate of drug-likeness (QED) is 0.469. The topological polar surface area (TPSA) is 76.3 Å². The van der Waals surface area contributed by atoms with Gasteiger partial charge in [0.1, 0.15) is 12.1 Å². The molecule has 5 rings (SSSR count). The van der Waals surface area contributed by atoms with Gasteiger partial charge in [0.15, 0.2) is 11.7 Å². The van der Waals surface area contributed by atoms with Crippen LogP contribution in [-0.2, 0) is 11.2 Å². The highest BCUT2D eigenvalue weighted by Crippen LogP contribution is 2.38. The van der Waals surface area contributed by atoms with E-state index in [9.17, 15) is 9.18 Å². The first kappa shape index (κ1) is 20.2. The number of hydrogen-bond acceptors (Lipinski definition) is 5. The summed E-state index contributed by atoms with van der Waals surface area (Å²) in [6, 6.07) is 8.59. The molecule has 1 aliphatic heterocycles. The Hall–Kier alpha value is -3.68. The summed E-state index contributed by atoms with van der Waals surface area (Å²) in [5.74, 6) is 1.48. The van der Waals surface area contributed by atoms with Gasteiger partial charge in [-0.25, -0.2) is 14.1 Å². The summed E-state index contributed by atoms with van der Waals surface area (Å²) in [4.78, 5) is 27.4. The second-order valence-electron chi connectivity index (χ2n) is 8.04. The molecule has 0 saturated heterocycles. The number of aromatic nitrogens is 4. The number of carbonyl (C=O) groups is 1. The fraction of sp³-hybridized carbons (Fsp3) is 0.292. The molecule has 1 fully saturated rings. The molecule has 2 aliphatic rings. The van der Waals surface area contributed by atoms with E-state index in [1.54, 1.807) is 29.9 Å². The van der Waals surface area contributed by atoms with E-state index < -0.39 is 0 Å². The van der Waals surface area contributed by atoms with Crippen molar-refractivity contribution in [1.29, 1.82) is 0 Å². The van der Waals surface area contributed by atoms with Gasteiger partial charge in [-0.2, -0.15) is 0 Å². The molecule has 2 aromatic heterocycles. The van der Waals surface area contributed by atoms with Gasteiger partial charge in [0.05, 0.1) is 11.4 Å². The Morgan fingerprint density at radius 1 is 1.22 bits per heavy atom. The summed E-state index contributed by atoms with van der Waals surface area (Å²) in [6.07, 6.45) is 7.89. The normalized spacial score (nSPS) is 17.5. The molecular formula is C24H23FN6O. The number of allylic oxidation sites excluding steroid dienone is 1. The van der Waals surface area contributed by atoms with Crippen LogP contribution in [0, 0.1) is 5.82 Å². The summed E-state index contributed by atoms with van der Waals surface area (Å²) in [6.45, 7) is 2.07. The number of rotatable bonds is 3. The number of aliphatic imine (C=N–C) groups is 1. The summed E-state index contributed by atoms with van der Waals surface area (Å²) in [5, 5.41) is 4.58. The van der Waals surface area contributed by atoms with Crippen LogP contribution in [0.4, 0.5) is 4.39 Å². The molecule has 3 aromatic rings. The van der Waals surface area contributed by atoms with Crippen LogP contribution in [0.5, 0.6) is 0 Å². The molecule has 1 aliphatic carbocycles. The van der Waals surface area contributed by atoms with E-state index in [2.05, 4.69) is 20.1 Å². The maximum atomic E-state index is 13.9. The highest BCUT2D eigenvalue weighted by atomic mass is 19.1. The van der Waals surface area contributed by atoms with E-state index in [4.69, 9.17) is 0 Å². The molecule has 32 heavy (non-hydrogen) atoms. The van der Waals surface area contributed by atoms with Gasteiger partial charge >= 0.3 is 0 Å². The third-order valence-corrected chi connectivity index (χ3v) is 5.89. The van der Waals surface area contributed by atoms with Crippen molar-refractivity contribution in [2.75, 3.05) is 13.6 Å². The van der Waals surface area contributed by atoms with Gasteiger partial charge in [-0.15, -0.1) is 5.10 Å². The SMILES string of the molecule is CN=C(C=C1c2cccc(-c3cc(F)ccn3)c2CCN1C(C)=O)n1cnc(C2CC2)n1. The molecule has 1 saturated carbocycles. The number of carbonyl (C=O) groups excluding carboxylic acids is 1. The molecule has 7 nitrogen and oxygen atoms in total. The van der Waals surface area contributed by atoms with E-state index in [0.717, 1.165) is 41.1 Å². The molecule has 1 aromatic carbocycles. The van der Waals surface area contributed by atoms with E-state index in [1.165, 1.54) is 18.3 Å². The molecular weight excluding hydrogens is 407 g/mol. The molecule has 0 N–H and O–H groups in total. The van der Waals surface area contributed by atoms with Gasteiger partial charge in [-0.1, -0.05) is 18.2 Å². The zero-order chi connectivity index (χ0) is 22.2. The van der Waals surface area contributed by atoms with Gasteiger partial charge in [0.25, 0.3) is 0 Å². The van der Waals surface area contributed by atoms with Crippen LogP contribution in [0.3, 0.4) is 0 Å². The van der Waals surface area contributed by atoms with E-state index in [1.807, 2.05) is 24.3 Å². The molecule has 0 radical (unpaired) electrons. The fourth-order valence-electron chi connectivity index (χ4n) is 4.13. The smallest absolute Gasteiger partial charge is 0.223 e. The van der Waals surface area contributed by atoms with Crippen LogP contribution in [0.25, 0.3) is 17.0 Å². The van der Waals surface area contributed by atoms with Crippen LogP contribution in [0.15, 0.2) is 53.9 Å². The Morgan fingerprint density at radius 2 is 2.03 bits per heavy atom. The number of pyridine rings is 1. The van der Waals surface area contributed by atoms with Crippen LogP contribution in [0.1, 0.15) is 42.6 Å². The van der Waals surface area contributed by atoms with Crippen LogP contribution in [-0.4, -0.2) is 50.0 Å². The van der Waals surface area contributed by atoms with Crippen molar-refractivity contribution in [2.45, 2.75) is 32.1 Å². The standard InChI is InChI=1S/C24H23FN6O/c1-15(32)30-11-9-18-19(21-12-17(25)8-10-27-21)4-3-5-20(18)22(30)13-23(26-2)31-14-28-24(29-31)16-6-7-16/h3-5,8,10,12-14,16H,6-7,9,11H2,1-2H3. The first-order chi connectivity index (χ1) is 15.5. The number of benzene rings is 1. The first-order valence-electron chi connectivity index (χ1n) is 10.7. The molecule has 0 unspecified atom stereocenters. The van der Waals surface area contributed by atoms with E-state index in [-0.39, 0.29) is 11.7 Å². The summed E-state index contributed by atoms with van der Waals surface area (Å²) >= 11 is 0. The zero-order valence-electron chi connectivity index (χ0n) is 18.0.